The average molecular weight is 611 g/mol. The molecule has 0 aliphatic heterocycles. The van der Waals surface area contributed by atoms with Crippen LogP contribution < -0.4 is 10.1 Å². The third-order valence-electron chi connectivity index (χ3n) is 6.12. The zero-order valence-corrected chi connectivity index (χ0v) is 21.6. The summed E-state index contributed by atoms with van der Waals surface area (Å²) in [6, 6.07) is 5.73. The molecule has 1 fully saturated rings. The lowest BCUT2D eigenvalue weighted by Gasteiger charge is -2.31. The van der Waals surface area contributed by atoms with Gasteiger partial charge in [0.2, 0.25) is 0 Å². The number of aliphatic hydroxyl groups excluding tert-OH is 1. The highest BCUT2D eigenvalue weighted by Crippen LogP contribution is 2.41. The van der Waals surface area contributed by atoms with Gasteiger partial charge in [-0.05, 0) is 54.9 Å². The lowest BCUT2D eigenvalue weighted by molar-refractivity contribution is 0.102. The number of ether oxygens (including phenoxy) is 1. The van der Waals surface area contributed by atoms with Gasteiger partial charge in [0.1, 0.15) is 41.2 Å². The van der Waals surface area contributed by atoms with E-state index in [1.54, 1.807) is 12.4 Å². The highest BCUT2D eigenvalue weighted by Gasteiger charge is 2.28. The highest BCUT2D eigenvalue weighted by atomic mass is 127. The molecule has 1 aliphatic carbocycles. The second-order valence-corrected chi connectivity index (χ2v) is 10.6. The van der Waals surface area contributed by atoms with Crippen LogP contribution in [0.2, 0.25) is 0 Å². The van der Waals surface area contributed by atoms with Crippen molar-refractivity contribution in [2.24, 2.45) is 5.92 Å². The molecule has 0 bridgehead atoms. The smallest absolute Gasteiger partial charge is 0.274 e. The maximum atomic E-state index is 14.7. The van der Waals surface area contributed by atoms with Crippen molar-refractivity contribution in [1.82, 2.24) is 9.97 Å². The van der Waals surface area contributed by atoms with Gasteiger partial charge in [-0.1, -0.05) is 29.5 Å². The van der Waals surface area contributed by atoms with Crippen LogP contribution in [0.1, 0.15) is 48.2 Å². The Bertz CT molecular complexity index is 1230. The first-order valence-electron chi connectivity index (χ1n) is 11.6. The summed E-state index contributed by atoms with van der Waals surface area (Å²) in [5.41, 5.74) is -0.0639. The van der Waals surface area contributed by atoms with Crippen LogP contribution >= 0.6 is 22.6 Å². The Morgan fingerprint density at radius 2 is 1.89 bits per heavy atom. The minimum atomic E-state index is -1.11. The van der Waals surface area contributed by atoms with Crippen LogP contribution in [0.3, 0.4) is 0 Å². The number of carbonyl (C=O) groups is 1. The van der Waals surface area contributed by atoms with Crippen molar-refractivity contribution in [3.63, 3.8) is 0 Å². The molecule has 3 aromatic rings. The minimum absolute atomic E-state index is 0.158. The van der Waals surface area contributed by atoms with Crippen LogP contribution in [0, 0.1) is 23.4 Å². The summed E-state index contributed by atoms with van der Waals surface area (Å²) in [4.78, 5) is 21.1. The number of hydrogen-bond donors (Lipinski definition) is 2. The number of anilines is 1. The number of amides is 1. The predicted octanol–water partition coefficient (Wildman–Crippen LogP) is 5.89. The molecule has 0 radical (unpaired) electrons. The number of carbonyl (C=O) groups excluding carboxylic acids is 1. The van der Waals surface area contributed by atoms with Crippen LogP contribution in [-0.2, 0) is 0 Å². The Morgan fingerprint density at radius 3 is 2.58 bits per heavy atom. The quantitative estimate of drug-likeness (QED) is 0.257. The number of nitrogens with one attached hydrogen (secondary N) is 1. The summed E-state index contributed by atoms with van der Waals surface area (Å²) in [5, 5.41) is 11.6. The van der Waals surface area contributed by atoms with E-state index in [0.29, 0.717) is 15.5 Å². The molecule has 6 nitrogen and oxygen atoms in total. The van der Waals surface area contributed by atoms with Gasteiger partial charge >= 0.3 is 0 Å². The third kappa shape index (κ3) is 5.97. The standard InChI is InChI=1S/C26H25F3IN3O3/c1-14-8-15(10-16(30)9-14)18-4-5-31-13-23(18)33-26(35)22-3-2-19(27)25(32-22)24-20(28)11-17(12-21(24)29)36-7-6-34/h2-5,11-16,34H,6-10H2,1H3,(H,33,35)/t14-,15?,16?/m0/s1. The van der Waals surface area contributed by atoms with Crippen LogP contribution in [-0.4, -0.2) is 38.1 Å². The number of halogens is 4. The SMILES string of the molecule is C[C@@H]1CC(I)CC(c2ccncc2NC(=O)c2ccc(F)c(-c3c(F)cc(OCCO)cc3F)n2)C1. The summed E-state index contributed by atoms with van der Waals surface area (Å²) in [6.45, 7) is 1.72. The average Bonchev–Trinajstić information content (AvgIpc) is 2.83. The summed E-state index contributed by atoms with van der Waals surface area (Å²) in [6.07, 6.45) is 6.35. The zero-order valence-electron chi connectivity index (χ0n) is 19.5. The van der Waals surface area contributed by atoms with Crippen molar-refractivity contribution in [2.45, 2.75) is 36.0 Å². The van der Waals surface area contributed by atoms with Crippen molar-refractivity contribution in [1.29, 1.82) is 0 Å². The summed E-state index contributed by atoms with van der Waals surface area (Å²) in [7, 11) is 0. The van der Waals surface area contributed by atoms with Crippen molar-refractivity contribution in [2.75, 3.05) is 18.5 Å². The Hall–Kier alpha value is -2.73. The molecule has 3 atom stereocenters. The lowest BCUT2D eigenvalue weighted by atomic mass is 9.78. The van der Waals surface area contributed by atoms with Crippen LogP contribution in [0.15, 0.2) is 42.7 Å². The minimum Gasteiger partial charge on any atom is -0.491 e. The summed E-state index contributed by atoms with van der Waals surface area (Å²) in [5.74, 6) is -3.22. The van der Waals surface area contributed by atoms with Crippen LogP contribution in [0.5, 0.6) is 5.75 Å². The first-order chi connectivity index (χ1) is 17.3. The molecule has 36 heavy (non-hydrogen) atoms. The summed E-state index contributed by atoms with van der Waals surface area (Å²) >= 11 is 2.46. The molecule has 1 saturated carbocycles. The van der Waals surface area contributed by atoms with E-state index in [2.05, 4.69) is 44.8 Å². The molecule has 190 valence electrons. The van der Waals surface area contributed by atoms with E-state index in [-0.39, 0.29) is 30.6 Å². The van der Waals surface area contributed by atoms with Gasteiger partial charge in [0.15, 0.2) is 0 Å². The molecule has 2 heterocycles. The number of benzene rings is 1. The fourth-order valence-corrected chi connectivity index (χ4v) is 6.07. The van der Waals surface area contributed by atoms with Crippen molar-refractivity contribution in [3.8, 4) is 17.0 Å². The summed E-state index contributed by atoms with van der Waals surface area (Å²) < 4.78 is 49.6. The van der Waals surface area contributed by atoms with Gasteiger partial charge < -0.3 is 15.2 Å². The Morgan fingerprint density at radius 1 is 1.14 bits per heavy atom. The van der Waals surface area contributed by atoms with E-state index in [4.69, 9.17) is 9.84 Å². The monoisotopic (exact) mass is 611 g/mol. The molecule has 2 unspecified atom stereocenters. The lowest BCUT2D eigenvalue weighted by Crippen LogP contribution is -2.22. The second kappa shape index (κ2) is 11.5. The van der Waals surface area contributed by atoms with Gasteiger partial charge in [-0.3, -0.25) is 9.78 Å². The van der Waals surface area contributed by atoms with Crippen LogP contribution in [0.25, 0.3) is 11.3 Å². The molecule has 2 N–H and O–H groups in total. The Labute approximate surface area is 220 Å². The largest absolute Gasteiger partial charge is 0.491 e. The van der Waals surface area contributed by atoms with E-state index in [1.165, 1.54) is 0 Å². The topological polar surface area (TPSA) is 84.3 Å². The first kappa shape index (κ1) is 26.3. The number of aliphatic hydroxyl groups is 1. The van der Waals surface area contributed by atoms with Gasteiger partial charge in [0.25, 0.3) is 5.91 Å². The zero-order chi connectivity index (χ0) is 25.8. The van der Waals surface area contributed by atoms with Crippen molar-refractivity contribution in [3.05, 3.63) is 71.4 Å². The number of alkyl halides is 1. The van der Waals surface area contributed by atoms with E-state index >= 15 is 0 Å². The number of nitrogens with zero attached hydrogens (tertiary/aromatic N) is 2. The second-order valence-electron chi connectivity index (χ2n) is 8.88. The Balaban J connectivity index is 1.62. The van der Waals surface area contributed by atoms with E-state index in [9.17, 15) is 18.0 Å². The number of aromatic nitrogens is 2. The normalized spacial score (nSPS) is 19.7. The number of rotatable bonds is 7. The highest BCUT2D eigenvalue weighted by molar-refractivity contribution is 14.1. The first-order valence-corrected chi connectivity index (χ1v) is 12.8. The molecule has 10 heteroatoms. The third-order valence-corrected chi connectivity index (χ3v) is 7.14. The molecule has 0 spiro atoms. The number of hydrogen-bond acceptors (Lipinski definition) is 5. The van der Waals surface area contributed by atoms with E-state index in [1.807, 2.05) is 6.07 Å². The Kier molecular flexibility index (Phi) is 8.45. The van der Waals surface area contributed by atoms with Gasteiger partial charge in [0.05, 0.1) is 24.1 Å². The number of pyridine rings is 2. The fraction of sp³-hybridized carbons (Fsp3) is 0.346. The van der Waals surface area contributed by atoms with Crippen molar-refractivity contribution >= 4 is 34.2 Å². The molecule has 4 rings (SSSR count). The maximum Gasteiger partial charge on any atom is 0.274 e. The molecule has 1 amide bonds. The molecule has 1 aliphatic rings. The molecular formula is C26H25F3IN3O3. The molecular weight excluding hydrogens is 586 g/mol. The predicted molar refractivity (Wildman–Crippen MR) is 138 cm³/mol. The molecule has 2 aromatic heterocycles. The van der Waals surface area contributed by atoms with E-state index in [0.717, 1.165) is 49.1 Å². The van der Waals surface area contributed by atoms with Gasteiger partial charge in [-0.25, -0.2) is 18.2 Å². The van der Waals surface area contributed by atoms with E-state index < -0.39 is 34.6 Å². The van der Waals surface area contributed by atoms with Gasteiger partial charge in [-0.15, -0.1) is 0 Å². The molecule has 1 aromatic carbocycles. The van der Waals surface area contributed by atoms with Crippen LogP contribution in [0.4, 0.5) is 18.9 Å². The van der Waals surface area contributed by atoms with Gasteiger partial charge in [0, 0.05) is 22.3 Å². The fourth-order valence-electron chi connectivity index (χ4n) is 4.59. The van der Waals surface area contributed by atoms with Crippen molar-refractivity contribution < 1.29 is 27.8 Å². The molecule has 0 saturated heterocycles. The van der Waals surface area contributed by atoms with Gasteiger partial charge in [-0.2, -0.15) is 0 Å². The maximum absolute atomic E-state index is 14.7.